The standard InChI is InChI=1S/C12H15O3/c1-15-12(14)11-7-5-10(6-8-11)4-2-3-9-13/h5-8H,2-4,9H2,1H3. The number of ether oxygens (including phenoxy) is 1. The number of methoxy groups -OCH3 is 1. The van der Waals surface area contributed by atoms with Crippen LogP contribution < -0.4 is 0 Å². The Morgan fingerprint density at radius 2 is 1.87 bits per heavy atom. The average Bonchev–Trinajstić information content (AvgIpc) is 2.29. The molecule has 0 unspecified atom stereocenters. The van der Waals surface area contributed by atoms with Crippen molar-refractivity contribution in [3.8, 4) is 0 Å². The fraction of sp³-hybridized carbons (Fsp3) is 0.417. The summed E-state index contributed by atoms with van der Waals surface area (Å²) in [6.07, 6.45) is 2.50. The molecule has 0 aliphatic heterocycles. The van der Waals surface area contributed by atoms with Gasteiger partial charge in [-0.3, -0.25) is 0 Å². The van der Waals surface area contributed by atoms with Crippen LogP contribution in [0.25, 0.3) is 0 Å². The Kier molecular flexibility index (Phi) is 4.84. The molecule has 3 nitrogen and oxygen atoms in total. The Hall–Kier alpha value is -1.35. The first-order valence-corrected chi connectivity index (χ1v) is 5.03. The fourth-order valence-electron chi connectivity index (χ4n) is 1.36. The normalized spacial score (nSPS) is 10.0. The number of carbonyl (C=O) groups is 1. The van der Waals surface area contributed by atoms with Crippen LogP contribution in [0.15, 0.2) is 24.3 Å². The van der Waals surface area contributed by atoms with Crippen molar-refractivity contribution in [1.82, 2.24) is 0 Å². The van der Waals surface area contributed by atoms with Gasteiger partial charge in [0.1, 0.15) is 0 Å². The van der Waals surface area contributed by atoms with Gasteiger partial charge >= 0.3 is 5.97 Å². The minimum Gasteiger partial charge on any atom is -0.465 e. The Labute approximate surface area is 89.7 Å². The lowest BCUT2D eigenvalue weighted by Gasteiger charge is -2.02. The molecule has 15 heavy (non-hydrogen) atoms. The van der Waals surface area contributed by atoms with E-state index in [2.05, 4.69) is 4.74 Å². The van der Waals surface area contributed by atoms with Crippen molar-refractivity contribution in [2.75, 3.05) is 13.7 Å². The highest BCUT2D eigenvalue weighted by molar-refractivity contribution is 5.89. The summed E-state index contributed by atoms with van der Waals surface area (Å²) in [7, 11) is 1.37. The maximum Gasteiger partial charge on any atom is 0.337 e. The number of hydrogen-bond donors (Lipinski definition) is 0. The van der Waals surface area contributed by atoms with Crippen molar-refractivity contribution >= 4 is 5.97 Å². The molecule has 0 spiro atoms. The summed E-state index contributed by atoms with van der Waals surface area (Å²) in [5, 5.41) is 10.2. The molecule has 1 aromatic rings. The number of carbonyl (C=O) groups excluding carboxylic acids is 1. The highest BCUT2D eigenvalue weighted by Crippen LogP contribution is 2.08. The minimum absolute atomic E-state index is 0.0136. The van der Waals surface area contributed by atoms with Crippen molar-refractivity contribution in [3.63, 3.8) is 0 Å². The first-order chi connectivity index (χ1) is 7.27. The van der Waals surface area contributed by atoms with Crippen molar-refractivity contribution in [1.29, 1.82) is 0 Å². The Bertz CT molecular complexity index is 303. The predicted molar refractivity (Wildman–Crippen MR) is 56.3 cm³/mol. The van der Waals surface area contributed by atoms with Crippen molar-refractivity contribution in [2.24, 2.45) is 0 Å². The van der Waals surface area contributed by atoms with Gasteiger partial charge in [-0.15, -0.1) is 0 Å². The van der Waals surface area contributed by atoms with Crippen LogP contribution in [0.1, 0.15) is 28.8 Å². The third kappa shape index (κ3) is 3.72. The lowest BCUT2D eigenvalue weighted by molar-refractivity contribution is 0.0600. The summed E-state index contributed by atoms with van der Waals surface area (Å²) in [4.78, 5) is 11.1. The molecule has 0 N–H and O–H groups in total. The van der Waals surface area contributed by atoms with E-state index in [1.165, 1.54) is 7.11 Å². The average molecular weight is 207 g/mol. The largest absolute Gasteiger partial charge is 0.465 e. The molecule has 0 fully saturated rings. The zero-order valence-corrected chi connectivity index (χ0v) is 8.86. The van der Waals surface area contributed by atoms with Crippen molar-refractivity contribution in [3.05, 3.63) is 35.4 Å². The van der Waals surface area contributed by atoms with Crippen LogP contribution in [0.3, 0.4) is 0 Å². The van der Waals surface area contributed by atoms with Gasteiger partial charge in [0.25, 0.3) is 0 Å². The molecule has 0 amide bonds. The van der Waals surface area contributed by atoms with Gasteiger partial charge in [-0.25, -0.2) is 9.90 Å². The number of esters is 1. The minimum atomic E-state index is -0.318. The first kappa shape index (κ1) is 11.7. The molecule has 0 aliphatic rings. The van der Waals surface area contributed by atoms with Crippen LogP contribution in [0, 0.1) is 0 Å². The van der Waals surface area contributed by atoms with Gasteiger partial charge in [0.2, 0.25) is 0 Å². The second-order valence-corrected chi connectivity index (χ2v) is 3.35. The van der Waals surface area contributed by atoms with E-state index in [-0.39, 0.29) is 12.6 Å². The van der Waals surface area contributed by atoms with E-state index < -0.39 is 0 Å². The van der Waals surface area contributed by atoms with Crippen LogP contribution in [0.4, 0.5) is 0 Å². The Morgan fingerprint density at radius 3 is 2.40 bits per heavy atom. The SMILES string of the molecule is COC(=O)c1ccc(CCCC[O])cc1. The maximum absolute atomic E-state index is 11.1. The summed E-state index contributed by atoms with van der Waals surface area (Å²) >= 11 is 0. The van der Waals surface area contributed by atoms with Gasteiger partial charge in [0, 0.05) is 0 Å². The zero-order chi connectivity index (χ0) is 11.1. The number of benzene rings is 1. The van der Waals surface area contributed by atoms with Crippen LogP contribution in [0.2, 0.25) is 0 Å². The molecule has 0 saturated carbocycles. The van der Waals surface area contributed by atoms with E-state index in [9.17, 15) is 9.90 Å². The van der Waals surface area contributed by atoms with Crippen LogP contribution >= 0.6 is 0 Å². The second kappa shape index (κ2) is 6.19. The molecule has 1 aromatic carbocycles. The topological polar surface area (TPSA) is 46.2 Å². The van der Waals surface area contributed by atoms with Gasteiger partial charge in [0.15, 0.2) is 0 Å². The molecule has 0 aliphatic carbocycles. The van der Waals surface area contributed by atoms with Crippen molar-refractivity contribution < 1.29 is 14.6 Å². The van der Waals surface area contributed by atoms with Crippen LogP contribution in [-0.4, -0.2) is 19.7 Å². The monoisotopic (exact) mass is 207 g/mol. The molecular formula is C12H15O3. The van der Waals surface area contributed by atoms with Gasteiger partial charge in [-0.1, -0.05) is 12.1 Å². The van der Waals surface area contributed by atoms with E-state index in [1.807, 2.05) is 12.1 Å². The van der Waals surface area contributed by atoms with Gasteiger partial charge < -0.3 is 4.74 Å². The molecule has 1 radical (unpaired) electrons. The lowest BCUT2D eigenvalue weighted by atomic mass is 10.1. The number of hydrogen-bond acceptors (Lipinski definition) is 2. The quantitative estimate of drug-likeness (QED) is 0.549. The number of rotatable bonds is 5. The molecule has 0 bridgehead atoms. The van der Waals surface area contributed by atoms with Gasteiger partial charge in [-0.2, -0.15) is 0 Å². The Morgan fingerprint density at radius 1 is 1.20 bits per heavy atom. The van der Waals surface area contributed by atoms with E-state index in [4.69, 9.17) is 0 Å². The highest BCUT2D eigenvalue weighted by Gasteiger charge is 2.03. The first-order valence-electron chi connectivity index (χ1n) is 5.03. The molecule has 0 atom stereocenters. The van der Waals surface area contributed by atoms with E-state index >= 15 is 0 Å². The van der Waals surface area contributed by atoms with E-state index in [1.54, 1.807) is 12.1 Å². The van der Waals surface area contributed by atoms with Crippen LogP contribution in [-0.2, 0) is 16.3 Å². The smallest absolute Gasteiger partial charge is 0.337 e. The molecule has 1 rings (SSSR count). The summed E-state index contributed by atoms with van der Waals surface area (Å²) in [6.45, 7) is -0.0136. The van der Waals surface area contributed by atoms with Crippen LogP contribution in [0.5, 0.6) is 0 Å². The molecular weight excluding hydrogens is 192 g/mol. The van der Waals surface area contributed by atoms with E-state index in [0.717, 1.165) is 18.4 Å². The second-order valence-electron chi connectivity index (χ2n) is 3.35. The third-order valence-electron chi connectivity index (χ3n) is 2.23. The maximum atomic E-state index is 11.1. The summed E-state index contributed by atoms with van der Waals surface area (Å²) in [6, 6.07) is 7.30. The van der Waals surface area contributed by atoms with Gasteiger partial charge in [-0.05, 0) is 37.0 Å². The summed E-state index contributed by atoms with van der Waals surface area (Å²) < 4.78 is 4.59. The summed E-state index contributed by atoms with van der Waals surface area (Å²) in [5.74, 6) is -0.318. The molecule has 0 saturated heterocycles. The third-order valence-corrected chi connectivity index (χ3v) is 2.23. The molecule has 0 heterocycles. The number of aryl methyl sites for hydroxylation is 1. The fourth-order valence-corrected chi connectivity index (χ4v) is 1.36. The molecule has 81 valence electrons. The van der Waals surface area contributed by atoms with Gasteiger partial charge in [0.05, 0.1) is 19.3 Å². The predicted octanol–water partition coefficient (Wildman–Crippen LogP) is 2.23. The molecule has 0 aromatic heterocycles. The van der Waals surface area contributed by atoms with Crippen molar-refractivity contribution in [2.45, 2.75) is 19.3 Å². The number of unbranched alkanes of at least 4 members (excludes halogenated alkanes) is 1. The summed E-state index contributed by atoms with van der Waals surface area (Å²) in [5.41, 5.74) is 1.71. The zero-order valence-electron chi connectivity index (χ0n) is 8.86. The lowest BCUT2D eigenvalue weighted by Crippen LogP contribution is -2.00. The van der Waals surface area contributed by atoms with E-state index in [0.29, 0.717) is 12.0 Å². The highest BCUT2D eigenvalue weighted by atomic mass is 16.5. The molecule has 3 heteroatoms. The Balaban J connectivity index is 2.52.